The molecule has 1 amide bonds. The number of fused-ring (bicyclic) bond motifs is 1. The van der Waals surface area contributed by atoms with Crippen LogP contribution in [-0.2, 0) is 22.5 Å². The van der Waals surface area contributed by atoms with Gasteiger partial charge in [0.05, 0.1) is 14.8 Å². The summed E-state index contributed by atoms with van der Waals surface area (Å²) in [4.78, 5) is 19.8. The minimum absolute atomic E-state index is 0.271. The predicted octanol–water partition coefficient (Wildman–Crippen LogP) is 3.96. The van der Waals surface area contributed by atoms with Gasteiger partial charge in [0.25, 0.3) is 5.91 Å². The number of nitrogens with one attached hydrogen (secondary N) is 1. The molecule has 0 bridgehead atoms. The van der Waals surface area contributed by atoms with E-state index in [-0.39, 0.29) is 5.91 Å². The summed E-state index contributed by atoms with van der Waals surface area (Å²) in [5.41, 5.74) is 2.42. The molecule has 2 aromatic rings. The van der Waals surface area contributed by atoms with E-state index in [2.05, 4.69) is 16.5 Å². The maximum absolute atomic E-state index is 12.5. The van der Waals surface area contributed by atoms with Crippen LogP contribution in [0.4, 0.5) is 5.00 Å². The van der Waals surface area contributed by atoms with Crippen molar-refractivity contribution in [2.24, 2.45) is 5.16 Å². The summed E-state index contributed by atoms with van der Waals surface area (Å²) in [6, 6.07) is 5.89. The number of hydrogen-bond donors (Lipinski definition) is 1. The second-order valence-corrected chi connectivity index (χ2v) is 8.42. The van der Waals surface area contributed by atoms with Crippen molar-refractivity contribution in [2.45, 2.75) is 31.8 Å². The van der Waals surface area contributed by atoms with Gasteiger partial charge < -0.3 is 10.2 Å². The van der Waals surface area contributed by atoms with Gasteiger partial charge in [0.1, 0.15) is 16.8 Å². The molecule has 1 aliphatic carbocycles. The molecule has 0 radical (unpaired) electrons. The lowest BCUT2D eigenvalue weighted by atomic mass is 10.1. The van der Waals surface area contributed by atoms with Gasteiger partial charge in [0.2, 0.25) is 6.10 Å². The quantitative estimate of drug-likeness (QED) is 0.879. The maximum Gasteiger partial charge on any atom is 0.269 e. The molecule has 0 fully saturated rings. The fourth-order valence-corrected chi connectivity index (χ4v) is 5.21. The van der Waals surface area contributed by atoms with Gasteiger partial charge in [-0.1, -0.05) is 16.8 Å². The van der Waals surface area contributed by atoms with Gasteiger partial charge in [0, 0.05) is 11.3 Å². The fourth-order valence-electron chi connectivity index (χ4n) is 2.94. The Hall–Kier alpha value is -1.88. The molecule has 1 aliphatic heterocycles. The molecule has 0 saturated carbocycles. The molecule has 2 aromatic heterocycles. The zero-order chi connectivity index (χ0) is 16.7. The van der Waals surface area contributed by atoms with Crippen LogP contribution in [0.1, 0.15) is 33.7 Å². The van der Waals surface area contributed by atoms with Crippen molar-refractivity contribution >= 4 is 50.9 Å². The van der Waals surface area contributed by atoms with Crippen molar-refractivity contribution in [1.82, 2.24) is 0 Å². The number of anilines is 1. The summed E-state index contributed by atoms with van der Waals surface area (Å²) < 4.78 is 0.673. The molecule has 24 heavy (non-hydrogen) atoms. The number of hydrogen-bond acceptors (Lipinski definition) is 6. The molecule has 122 valence electrons. The number of aryl methyl sites for hydroxylation is 1. The van der Waals surface area contributed by atoms with Crippen LogP contribution in [0, 0.1) is 11.3 Å². The number of carbonyl (C=O) groups is 1. The molecular weight excluding hydrogens is 366 g/mol. The van der Waals surface area contributed by atoms with Crippen molar-refractivity contribution in [3.05, 3.63) is 37.4 Å². The van der Waals surface area contributed by atoms with E-state index >= 15 is 0 Å². The van der Waals surface area contributed by atoms with Gasteiger partial charge in [-0.3, -0.25) is 4.79 Å². The lowest BCUT2D eigenvalue weighted by Crippen LogP contribution is -2.27. The van der Waals surface area contributed by atoms with Crippen LogP contribution in [-0.4, -0.2) is 17.7 Å². The van der Waals surface area contributed by atoms with Gasteiger partial charge in [-0.2, -0.15) is 5.26 Å². The van der Waals surface area contributed by atoms with Crippen molar-refractivity contribution in [1.29, 1.82) is 5.26 Å². The topological polar surface area (TPSA) is 74.5 Å². The number of halogens is 1. The summed E-state index contributed by atoms with van der Waals surface area (Å²) >= 11 is 8.83. The molecule has 0 saturated heterocycles. The van der Waals surface area contributed by atoms with E-state index in [9.17, 15) is 10.1 Å². The Bertz CT molecular complexity index is 894. The third-order valence-electron chi connectivity index (χ3n) is 4.09. The Morgan fingerprint density at radius 3 is 3.04 bits per heavy atom. The van der Waals surface area contributed by atoms with Crippen LogP contribution in [0.25, 0.3) is 0 Å². The van der Waals surface area contributed by atoms with E-state index in [1.807, 2.05) is 6.07 Å². The molecule has 0 aromatic carbocycles. The van der Waals surface area contributed by atoms with E-state index < -0.39 is 6.10 Å². The molecule has 2 aliphatic rings. The Morgan fingerprint density at radius 1 is 1.42 bits per heavy atom. The normalized spacial score (nSPS) is 18.7. The summed E-state index contributed by atoms with van der Waals surface area (Å²) in [6.45, 7) is 0. The third-order valence-corrected chi connectivity index (χ3v) is 6.58. The van der Waals surface area contributed by atoms with E-state index in [1.165, 1.54) is 27.6 Å². The van der Waals surface area contributed by atoms with E-state index in [4.69, 9.17) is 16.4 Å². The third kappa shape index (κ3) is 2.71. The van der Waals surface area contributed by atoms with Crippen molar-refractivity contribution in [3.63, 3.8) is 0 Å². The van der Waals surface area contributed by atoms with Crippen molar-refractivity contribution in [3.8, 4) is 6.07 Å². The van der Waals surface area contributed by atoms with Gasteiger partial charge in [0.15, 0.2) is 0 Å². The largest absolute Gasteiger partial charge is 0.382 e. The van der Waals surface area contributed by atoms with Crippen LogP contribution >= 0.6 is 34.3 Å². The smallest absolute Gasteiger partial charge is 0.269 e. The highest BCUT2D eigenvalue weighted by atomic mass is 35.5. The number of thiophene rings is 2. The molecule has 8 heteroatoms. The minimum atomic E-state index is -0.677. The average molecular weight is 378 g/mol. The van der Waals surface area contributed by atoms with E-state index in [0.29, 0.717) is 21.3 Å². The van der Waals surface area contributed by atoms with Gasteiger partial charge >= 0.3 is 0 Å². The predicted molar refractivity (Wildman–Crippen MR) is 95.0 cm³/mol. The minimum Gasteiger partial charge on any atom is -0.382 e. The maximum atomic E-state index is 12.5. The number of nitrogens with zero attached hydrogens (tertiary/aromatic N) is 2. The first-order valence-corrected chi connectivity index (χ1v) is 9.50. The molecular formula is C16H12ClN3O2S2. The second kappa shape index (κ2) is 6.20. The van der Waals surface area contributed by atoms with E-state index in [1.54, 1.807) is 6.07 Å². The average Bonchev–Trinajstić information content (AvgIpc) is 3.29. The van der Waals surface area contributed by atoms with Crippen LogP contribution < -0.4 is 5.32 Å². The number of oxime groups is 1. The highest BCUT2D eigenvalue weighted by molar-refractivity contribution is 7.18. The fraction of sp³-hybridized carbons (Fsp3) is 0.312. The van der Waals surface area contributed by atoms with Gasteiger partial charge in [-0.15, -0.1) is 22.7 Å². The van der Waals surface area contributed by atoms with Crippen molar-refractivity contribution < 1.29 is 9.63 Å². The summed E-state index contributed by atoms with van der Waals surface area (Å²) in [5, 5.41) is 16.9. The number of amides is 1. The number of nitriles is 1. The molecule has 4 rings (SSSR count). The molecule has 1 unspecified atom stereocenters. The highest BCUT2D eigenvalue weighted by Gasteiger charge is 2.31. The molecule has 1 N–H and O–H groups in total. The first-order valence-electron chi connectivity index (χ1n) is 7.49. The Balaban J connectivity index is 1.46. The lowest BCUT2D eigenvalue weighted by molar-refractivity contribution is -0.125. The number of rotatable bonds is 3. The van der Waals surface area contributed by atoms with Crippen LogP contribution in [0.5, 0.6) is 0 Å². The van der Waals surface area contributed by atoms with Gasteiger partial charge in [-0.05, 0) is 37.0 Å². The zero-order valence-electron chi connectivity index (χ0n) is 12.5. The van der Waals surface area contributed by atoms with Crippen molar-refractivity contribution in [2.75, 3.05) is 5.32 Å². The van der Waals surface area contributed by atoms with E-state index in [0.717, 1.165) is 35.4 Å². The Kier molecular flexibility index (Phi) is 4.04. The summed E-state index contributed by atoms with van der Waals surface area (Å²) in [5.74, 6) is -0.271. The summed E-state index contributed by atoms with van der Waals surface area (Å²) in [7, 11) is 0. The lowest BCUT2D eigenvalue weighted by Gasteiger charge is -2.08. The number of carbonyl (C=O) groups excluding carboxylic acids is 1. The van der Waals surface area contributed by atoms with Crippen LogP contribution in [0.15, 0.2) is 17.3 Å². The molecule has 1 atom stereocenters. The zero-order valence-corrected chi connectivity index (χ0v) is 14.9. The first-order chi connectivity index (χ1) is 11.7. The monoisotopic (exact) mass is 377 g/mol. The second-order valence-electron chi connectivity index (χ2n) is 5.60. The van der Waals surface area contributed by atoms with Crippen LogP contribution in [0.3, 0.4) is 0 Å². The summed E-state index contributed by atoms with van der Waals surface area (Å²) in [6.07, 6.45) is 2.70. The Labute approximate surface area is 151 Å². The first kappa shape index (κ1) is 15.6. The molecule has 5 nitrogen and oxygen atoms in total. The molecule has 3 heterocycles. The standard InChI is InChI=1S/C16H12ClN3O2S2/c17-14-5-4-13(23-14)10-6-11(22-20-10)15(21)19-16-9(7-18)8-2-1-3-12(8)24-16/h4-5,11H,1-3,6H2,(H,19,21). The SMILES string of the molecule is N#Cc1c(NC(=O)C2CC(c3ccc(Cl)s3)=NO2)sc2c1CCC2. The Morgan fingerprint density at radius 2 is 2.29 bits per heavy atom. The van der Waals surface area contributed by atoms with Crippen LogP contribution in [0.2, 0.25) is 4.34 Å². The van der Waals surface area contributed by atoms with Gasteiger partial charge in [-0.25, -0.2) is 0 Å². The molecule has 0 spiro atoms. The highest BCUT2D eigenvalue weighted by Crippen LogP contribution is 2.38.